The van der Waals surface area contributed by atoms with Gasteiger partial charge in [0, 0.05) is 21.1 Å². The van der Waals surface area contributed by atoms with Crippen molar-refractivity contribution in [2.45, 2.75) is 0 Å². The first-order valence-corrected chi connectivity index (χ1v) is 4.56. The first kappa shape index (κ1) is 9.55. The van der Waals surface area contributed by atoms with E-state index in [9.17, 15) is 0 Å². The van der Waals surface area contributed by atoms with Crippen molar-refractivity contribution in [2.75, 3.05) is 21.1 Å². The molecule has 1 heterocycles. The Morgan fingerprint density at radius 3 is 2.58 bits per heavy atom. The number of rotatable bonds is 2. The Balaban J connectivity index is 2.77. The molecule has 12 heavy (non-hydrogen) atoms. The average Bonchev–Trinajstić information content (AvgIpc) is 1.82. The summed E-state index contributed by atoms with van der Waals surface area (Å²) in [7, 11) is 6.41. The summed E-state index contributed by atoms with van der Waals surface area (Å²) in [6.07, 6.45) is 4.07. The van der Waals surface area contributed by atoms with Crippen molar-refractivity contribution >= 4 is 19.2 Å². The second kappa shape index (κ2) is 3.46. The first-order valence-electron chi connectivity index (χ1n) is 4.19. The van der Waals surface area contributed by atoms with Gasteiger partial charge in [-0.2, -0.15) is 0 Å². The van der Waals surface area contributed by atoms with Gasteiger partial charge in [-0.05, 0) is 12.1 Å². The molecule has 0 amide bonds. The van der Waals surface area contributed by atoms with Crippen LogP contribution in [0.3, 0.4) is 0 Å². The number of quaternary nitrogens is 1. The van der Waals surface area contributed by atoms with E-state index in [0.29, 0.717) is 0 Å². The minimum atomic E-state index is -0.199. The molecule has 0 saturated carbocycles. The van der Waals surface area contributed by atoms with E-state index in [2.05, 4.69) is 31.8 Å². The van der Waals surface area contributed by atoms with Crippen LogP contribution in [0.25, 0.3) is 0 Å². The van der Waals surface area contributed by atoms with Gasteiger partial charge in [0.05, 0.1) is 5.02 Å². The van der Waals surface area contributed by atoms with Crippen molar-refractivity contribution in [1.29, 1.82) is 0 Å². The van der Waals surface area contributed by atoms with Gasteiger partial charge >= 0.3 is 7.55 Å². The number of halogens is 1. The zero-order valence-corrected chi connectivity index (χ0v) is 8.84. The summed E-state index contributed by atoms with van der Waals surface area (Å²) in [6.45, 7) is 0. The molecule has 0 unspecified atom stereocenters. The highest BCUT2D eigenvalue weighted by molar-refractivity contribution is 6.30. The Morgan fingerprint density at radius 2 is 2.08 bits per heavy atom. The lowest BCUT2D eigenvalue weighted by molar-refractivity contribution is -0.807. The van der Waals surface area contributed by atoms with E-state index in [1.165, 1.54) is 0 Å². The van der Waals surface area contributed by atoms with Crippen LogP contribution in [0.4, 0.5) is 0 Å². The molecule has 0 aliphatic rings. The first-order chi connectivity index (χ1) is 5.47. The lowest BCUT2D eigenvalue weighted by atomic mass is 10.1. The fourth-order valence-corrected chi connectivity index (χ4v) is 1.60. The summed E-state index contributed by atoms with van der Waals surface area (Å²) >= 11 is 5.87. The average molecular weight is 185 g/mol. The Hall–Kier alpha value is -0.535. The molecule has 0 radical (unpaired) electrons. The second-order valence-electron chi connectivity index (χ2n) is 4.57. The molecule has 0 aliphatic heterocycles. The third-order valence-corrected chi connectivity index (χ3v) is 1.96. The monoisotopic (exact) mass is 185 g/mol. The summed E-state index contributed by atoms with van der Waals surface area (Å²) in [5.41, 5.74) is 0. The topological polar surface area (TPSA) is 3.88 Å². The lowest BCUT2D eigenvalue weighted by Crippen LogP contribution is -2.56. The maximum atomic E-state index is 5.87. The SMILES string of the molecule is C[N+](C)(C)[BH2-][n+]1cccc(Cl)c1. The fourth-order valence-electron chi connectivity index (χ4n) is 1.37. The Labute approximate surface area is 79.3 Å². The molecule has 0 N–H and O–H groups in total. The highest BCUT2D eigenvalue weighted by Crippen LogP contribution is 2.00. The highest BCUT2D eigenvalue weighted by atomic mass is 35.5. The minimum Gasteiger partial charge on any atom is -0.465 e. The van der Waals surface area contributed by atoms with Gasteiger partial charge in [0.2, 0.25) is 0 Å². The van der Waals surface area contributed by atoms with Gasteiger partial charge in [-0.25, -0.2) is 0 Å². The van der Waals surface area contributed by atoms with Crippen LogP contribution in [0.2, 0.25) is 5.02 Å². The summed E-state index contributed by atoms with van der Waals surface area (Å²) in [5.74, 6) is 0. The van der Waals surface area contributed by atoms with Crippen LogP contribution in [-0.4, -0.2) is 33.1 Å². The zero-order valence-electron chi connectivity index (χ0n) is 8.08. The van der Waals surface area contributed by atoms with Crippen LogP contribution in [0, 0.1) is 0 Å². The van der Waals surface area contributed by atoms with Crippen LogP contribution in [0.5, 0.6) is 0 Å². The Morgan fingerprint density at radius 1 is 1.42 bits per heavy atom. The Kier molecular flexibility index (Phi) is 2.75. The van der Waals surface area contributed by atoms with Gasteiger partial charge in [0.25, 0.3) is 0 Å². The number of nitrogens with zero attached hydrogens (tertiary/aromatic N) is 2. The molecule has 1 rings (SSSR count). The molecular weight excluding hydrogens is 170 g/mol. The molecule has 1 aromatic heterocycles. The summed E-state index contributed by atoms with van der Waals surface area (Å²) in [5, 5.41) is 0.815. The Bertz CT molecular complexity index is 270. The van der Waals surface area contributed by atoms with Gasteiger partial charge in [-0.15, -0.1) is 0 Å². The standard InChI is InChI=1S/C8H15BClN2/c1-12(2,3)9-11-6-4-5-8(10)7-11/h4-7H,9H2,1-3H3/q+1. The van der Waals surface area contributed by atoms with Crippen LogP contribution in [0.15, 0.2) is 24.5 Å². The van der Waals surface area contributed by atoms with Gasteiger partial charge in [0.15, 0.2) is 0 Å². The molecule has 0 saturated heterocycles. The smallest absolute Gasteiger partial charge is 0.456 e. The highest BCUT2D eigenvalue weighted by Gasteiger charge is 2.08. The molecule has 66 valence electrons. The van der Waals surface area contributed by atoms with Gasteiger partial charge in [0.1, 0.15) is 12.4 Å². The molecule has 0 bridgehead atoms. The van der Waals surface area contributed by atoms with E-state index in [0.717, 1.165) is 9.42 Å². The minimum absolute atomic E-state index is 0.199. The number of aromatic nitrogens is 1. The molecule has 0 fully saturated rings. The molecule has 0 aromatic carbocycles. The number of hydrogen-bond donors (Lipinski definition) is 0. The van der Waals surface area contributed by atoms with E-state index in [1.54, 1.807) is 0 Å². The quantitative estimate of drug-likeness (QED) is 0.579. The van der Waals surface area contributed by atoms with Crippen molar-refractivity contribution in [3.8, 4) is 0 Å². The summed E-state index contributed by atoms with van der Waals surface area (Å²) in [4.78, 5) is 0. The molecule has 0 atom stereocenters. The van der Waals surface area contributed by atoms with E-state index < -0.39 is 0 Å². The van der Waals surface area contributed by atoms with Crippen molar-refractivity contribution in [3.05, 3.63) is 29.5 Å². The predicted molar refractivity (Wildman–Crippen MR) is 53.6 cm³/mol. The van der Waals surface area contributed by atoms with Crippen LogP contribution < -0.4 is 4.48 Å². The number of hydrogen-bond acceptors (Lipinski definition) is 0. The maximum Gasteiger partial charge on any atom is 0.456 e. The van der Waals surface area contributed by atoms with E-state index >= 15 is 0 Å². The van der Waals surface area contributed by atoms with Gasteiger partial charge < -0.3 is 8.87 Å². The zero-order chi connectivity index (χ0) is 9.19. The van der Waals surface area contributed by atoms with Gasteiger partial charge in [-0.1, -0.05) is 11.6 Å². The molecule has 2 nitrogen and oxygen atoms in total. The van der Waals surface area contributed by atoms with Crippen molar-refractivity contribution in [2.24, 2.45) is 0 Å². The van der Waals surface area contributed by atoms with E-state index in [1.807, 2.05) is 18.3 Å². The summed E-state index contributed by atoms with van der Waals surface area (Å²) < 4.78 is 3.23. The number of pyridine rings is 1. The third kappa shape index (κ3) is 3.24. The van der Waals surface area contributed by atoms with Crippen LogP contribution in [0.1, 0.15) is 0 Å². The van der Waals surface area contributed by atoms with Crippen molar-refractivity contribution in [3.63, 3.8) is 0 Å². The van der Waals surface area contributed by atoms with E-state index in [4.69, 9.17) is 11.6 Å². The molecule has 4 heteroatoms. The van der Waals surface area contributed by atoms with Crippen LogP contribution >= 0.6 is 11.6 Å². The van der Waals surface area contributed by atoms with Gasteiger partial charge in [-0.3, -0.25) is 0 Å². The normalized spacial score (nSPS) is 11.7. The van der Waals surface area contributed by atoms with Crippen molar-refractivity contribution < 1.29 is 8.87 Å². The molecule has 0 spiro atoms. The van der Waals surface area contributed by atoms with E-state index in [-0.39, 0.29) is 7.55 Å². The maximum absolute atomic E-state index is 5.87. The molecule has 1 aromatic rings. The largest absolute Gasteiger partial charge is 0.465 e. The predicted octanol–water partition coefficient (Wildman–Crippen LogP) is 0.181. The van der Waals surface area contributed by atoms with Crippen LogP contribution in [-0.2, 0) is 0 Å². The lowest BCUT2D eigenvalue weighted by Gasteiger charge is -2.28. The summed E-state index contributed by atoms with van der Waals surface area (Å²) in [6, 6.07) is 3.89. The second-order valence-corrected chi connectivity index (χ2v) is 5.01. The van der Waals surface area contributed by atoms with Crippen molar-refractivity contribution in [1.82, 2.24) is 0 Å². The third-order valence-electron chi connectivity index (χ3n) is 1.73. The molecule has 0 aliphatic carbocycles. The molecular formula is C8H15BClN2+. The fraction of sp³-hybridized carbons (Fsp3) is 0.375.